The molecule has 35 heavy (non-hydrogen) atoms. The molecule has 4 aromatic carbocycles. The lowest BCUT2D eigenvalue weighted by molar-refractivity contribution is 0.0288. The van der Waals surface area contributed by atoms with Crippen LogP contribution >= 0.6 is 0 Å². The second kappa shape index (κ2) is 8.25. The number of hydrogen-bond acceptors (Lipinski definition) is 4. The fourth-order valence-electron chi connectivity index (χ4n) is 4.49. The fraction of sp³-hybridized carbons (Fsp3) is 0.0690. The summed E-state index contributed by atoms with van der Waals surface area (Å²) in [5.41, 5.74) is 4.35. The molecular weight excluding hydrogens is 438 g/mol. The number of esters is 1. The number of rotatable bonds is 4. The van der Waals surface area contributed by atoms with Gasteiger partial charge in [-0.3, -0.25) is 9.36 Å². The van der Waals surface area contributed by atoms with Crippen molar-refractivity contribution in [2.45, 2.75) is 13.0 Å². The predicted octanol–water partition coefficient (Wildman–Crippen LogP) is 6.22. The molecule has 0 radical (unpaired) electrons. The van der Waals surface area contributed by atoms with E-state index in [2.05, 4.69) is 9.97 Å². The van der Waals surface area contributed by atoms with Crippen molar-refractivity contribution < 1.29 is 14.3 Å². The molecule has 0 aliphatic rings. The van der Waals surface area contributed by atoms with Crippen molar-refractivity contribution in [1.29, 1.82) is 0 Å². The molecule has 0 fully saturated rings. The summed E-state index contributed by atoms with van der Waals surface area (Å²) in [4.78, 5) is 34.3. The molecule has 6 aromatic rings. The van der Waals surface area contributed by atoms with Gasteiger partial charge in [0.2, 0.25) is 0 Å². The molecule has 6 nitrogen and oxygen atoms in total. The summed E-state index contributed by atoms with van der Waals surface area (Å²) >= 11 is 0. The van der Waals surface area contributed by atoms with Gasteiger partial charge < -0.3 is 9.72 Å². The first-order valence-corrected chi connectivity index (χ1v) is 11.4. The van der Waals surface area contributed by atoms with E-state index in [0.29, 0.717) is 5.56 Å². The first-order valence-electron chi connectivity index (χ1n) is 11.4. The summed E-state index contributed by atoms with van der Waals surface area (Å²) in [5.74, 6) is -0.143. The number of nitrogens with one attached hydrogen (secondary N) is 1. The molecule has 0 aliphatic heterocycles. The van der Waals surface area contributed by atoms with Gasteiger partial charge in [-0.1, -0.05) is 66.7 Å². The Morgan fingerprint density at radius 2 is 1.46 bits per heavy atom. The van der Waals surface area contributed by atoms with Crippen LogP contribution in [0.5, 0.6) is 0 Å². The minimum atomic E-state index is -0.973. The van der Waals surface area contributed by atoms with Crippen molar-refractivity contribution in [3.63, 3.8) is 0 Å². The number of carbonyl (C=O) groups excluding carboxylic acids is 2. The van der Waals surface area contributed by atoms with Gasteiger partial charge in [-0.25, -0.2) is 9.78 Å². The van der Waals surface area contributed by atoms with Crippen LogP contribution in [0.25, 0.3) is 44.2 Å². The average Bonchev–Trinajstić information content (AvgIpc) is 3.47. The van der Waals surface area contributed by atoms with Crippen molar-refractivity contribution in [2.75, 3.05) is 0 Å². The highest BCUT2D eigenvalue weighted by Crippen LogP contribution is 2.29. The molecule has 0 amide bonds. The Balaban J connectivity index is 1.29. The first-order chi connectivity index (χ1) is 17.1. The Hall–Kier alpha value is -4.71. The Kier molecular flexibility index (Phi) is 4.92. The summed E-state index contributed by atoms with van der Waals surface area (Å²) in [6.45, 7) is 1.60. The number of ether oxygens (including phenoxy) is 1. The van der Waals surface area contributed by atoms with Crippen LogP contribution in [0.2, 0.25) is 0 Å². The van der Waals surface area contributed by atoms with Crippen LogP contribution < -0.4 is 0 Å². The second-order valence-corrected chi connectivity index (χ2v) is 8.44. The van der Waals surface area contributed by atoms with Gasteiger partial charge in [0.25, 0.3) is 5.91 Å². The molecule has 2 heterocycles. The van der Waals surface area contributed by atoms with Crippen LogP contribution in [0, 0.1) is 0 Å². The van der Waals surface area contributed by atoms with Gasteiger partial charge in [-0.2, -0.15) is 0 Å². The van der Waals surface area contributed by atoms with E-state index in [1.807, 2.05) is 78.9 Å². The van der Waals surface area contributed by atoms with Gasteiger partial charge in [0.15, 0.2) is 6.10 Å². The van der Waals surface area contributed by atoms with Crippen molar-refractivity contribution in [2.24, 2.45) is 0 Å². The zero-order valence-corrected chi connectivity index (χ0v) is 18.9. The van der Waals surface area contributed by atoms with Crippen LogP contribution in [-0.2, 0) is 4.74 Å². The highest BCUT2D eigenvalue weighted by Gasteiger charge is 2.24. The summed E-state index contributed by atoms with van der Waals surface area (Å²) in [6, 6.07) is 30.4. The highest BCUT2D eigenvalue weighted by molar-refractivity contribution is 6.14. The zero-order valence-electron chi connectivity index (χ0n) is 18.9. The Labute approximate surface area is 200 Å². The largest absolute Gasteiger partial charge is 0.449 e. The lowest BCUT2D eigenvalue weighted by Gasteiger charge is -2.14. The average molecular weight is 460 g/mol. The van der Waals surface area contributed by atoms with Crippen LogP contribution in [0.4, 0.5) is 0 Å². The van der Waals surface area contributed by atoms with Gasteiger partial charge in [0, 0.05) is 16.3 Å². The number of aromatic amines is 1. The van der Waals surface area contributed by atoms with Crippen molar-refractivity contribution >= 4 is 44.7 Å². The van der Waals surface area contributed by atoms with Crippen LogP contribution in [0.15, 0.2) is 97.1 Å². The molecule has 0 spiro atoms. The Morgan fingerprint density at radius 3 is 2.14 bits per heavy atom. The number of carbonyl (C=O) groups is 2. The lowest BCUT2D eigenvalue weighted by Crippen LogP contribution is -2.29. The van der Waals surface area contributed by atoms with E-state index in [9.17, 15) is 9.59 Å². The molecule has 0 saturated carbocycles. The molecule has 6 heteroatoms. The summed E-state index contributed by atoms with van der Waals surface area (Å²) in [5, 5.41) is 1.96. The van der Waals surface area contributed by atoms with E-state index >= 15 is 0 Å². The topological polar surface area (TPSA) is 77.0 Å². The van der Waals surface area contributed by atoms with E-state index in [1.54, 1.807) is 29.7 Å². The molecule has 2 aromatic heterocycles. The van der Waals surface area contributed by atoms with Crippen LogP contribution in [0.3, 0.4) is 0 Å². The molecule has 1 atom stereocenters. The summed E-state index contributed by atoms with van der Waals surface area (Å²) in [7, 11) is 0. The van der Waals surface area contributed by atoms with Crippen molar-refractivity contribution in [3.05, 3.63) is 103 Å². The van der Waals surface area contributed by atoms with E-state index in [0.717, 1.165) is 44.2 Å². The standard InChI is InChI=1S/C29H21N3O3/c1-18(28(33)32-25-13-7-5-11-21(25)22-12-6-8-14-26(22)32)35-29(34)20-15-16-23-24(17-20)31-27(30-23)19-9-3-2-4-10-19/h2-18H,1H3,(H,30,31). The van der Waals surface area contributed by atoms with E-state index in [4.69, 9.17) is 4.74 Å². The third kappa shape index (κ3) is 3.56. The SMILES string of the molecule is CC(OC(=O)c1ccc2nc(-c3ccccc3)[nH]c2c1)C(=O)n1c2ccccc2c2ccccc21. The minimum Gasteiger partial charge on any atom is -0.449 e. The number of imidazole rings is 1. The fourth-order valence-corrected chi connectivity index (χ4v) is 4.49. The first kappa shape index (κ1) is 20.9. The number of fused-ring (bicyclic) bond motifs is 4. The Bertz CT molecular complexity index is 1680. The van der Waals surface area contributed by atoms with E-state index in [1.165, 1.54) is 0 Å². The van der Waals surface area contributed by atoms with Gasteiger partial charge in [0.05, 0.1) is 27.6 Å². The summed E-state index contributed by atoms with van der Waals surface area (Å²) < 4.78 is 7.25. The van der Waals surface area contributed by atoms with Crippen LogP contribution in [0.1, 0.15) is 22.1 Å². The molecule has 0 aliphatic carbocycles. The monoisotopic (exact) mass is 459 g/mol. The van der Waals surface area contributed by atoms with Gasteiger partial charge in [0.1, 0.15) is 5.82 Å². The maximum absolute atomic E-state index is 13.4. The molecular formula is C29H21N3O3. The third-order valence-corrected chi connectivity index (χ3v) is 6.20. The number of para-hydroxylation sites is 2. The van der Waals surface area contributed by atoms with E-state index < -0.39 is 12.1 Å². The maximum Gasteiger partial charge on any atom is 0.338 e. The zero-order chi connectivity index (χ0) is 23.9. The highest BCUT2D eigenvalue weighted by atomic mass is 16.5. The van der Waals surface area contributed by atoms with Gasteiger partial charge in [-0.15, -0.1) is 0 Å². The molecule has 1 N–H and O–H groups in total. The number of hydrogen-bond donors (Lipinski definition) is 1. The molecule has 0 bridgehead atoms. The second-order valence-electron chi connectivity index (χ2n) is 8.44. The van der Waals surface area contributed by atoms with Gasteiger partial charge >= 0.3 is 5.97 Å². The number of benzene rings is 4. The minimum absolute atomic E-state index is 0.301. The Morgan fingerprint density at radius 1 is 0.829 bits per heavy atom. The maximum atomic E-state index is 13.4. The lowest BCUT2D eigenvalue weighted by atomic mass is 10.2. The van der Waals surface area contributed by atoms with Crippen molar-refractivity contribution in [3.8, 4) is 11.4 Å². The van der Waals surface area contributed by atoms with E-state index in [-0.39, 0.29) is 5.91 Å². The normalized spacial score (nSPS) is 12.3. The van der Waals surface area contributed by atoms with Crippen LogP contribution in [-0.4, -0.2) is 32.5 Å². The summed E-state index contributed by atoms with van der Waals surface area (Å²) in [6.07, 6.45) is -0.973. The third-order valence-electron chi connectivity index (χ3n) is 6.20. The predicted molar refractivity (Wildman–Crippen MR) is 136 cm³/mol. The van der Waals surface area contributed by atoms with Gasteiger partial charge in [-0.05, 0) is 37.3 Å². The smallest absolute Gasteiger partial charge is 0.338 e. The van der Waals surface area contributed by atoms with Crippen molar-refractivity contribution in [1.82, 2.24) is 14.5 Å². The molecule has 6 rings (SSSR count). The number of H-pyrrole nitrogens is 1. The molecule has 1 unspecified atom stereocenters. The number of nitrogens with zero attached hydrogens (tertiary/aromatic N) is 2. The number of aromatic nitrogens is 3. The molecule has 170 valence electrons. The molecule has 0 saturated heterocycles. The quantitative estimate of drug-likeness (QED) is 0.317.